The summed E-state index contributed by atoms with van der Waals surface area (Å²) in [5.41, 5.74) is 0.730. The SMILES string of the molecule is COc1cc(O)c(C2CCCCO2)c(OC)c1. The van der Waals surface area contributed by atoms with E-state index in [9.17, 15) is 5.11 Å². The Morgan fingerprint density at radius 1 is 1.24 bits per heavy atom. The van der Waals surface area contributed by atoms with Crippen LogP contribution in [0, 0.1) is 0 Å². The first kappa shape index (κ1) is 12.0. The third-order valence-electron chi connectivity index (χ3n) is 3.05. The molecule has 1 N–H and O–H groups in total. The first-order valence-corrected chi connectivity index (χ1v) is 5.82. The lowest BCUT2D eigenvalue weighted by atomic mass is 9.99. The Labute approximate surface area is 101 Å². The molecule has 0 saturated carbocycles. The lowest BCUT2D eigenvalue weighted by molar-refractivity contribution is 0.0122. The van der Waals surface area contributed by atoms with E-state index < -0.39 is 0 Å². The van der Waals surface area contributed by atoms with Crippen LogP contribution in [0.2, 0.25) is 0 Å². The van der Waals surface area contributed by atoms with Crippen molar-refractivity contribution in [3.05, 3.63) is 17.7 Å². The second-order valence-corrected chi connectivity index (χ2v) is 4.12. The average molecular weight is 238 g/mol. The molecular formula is C13H18O4. The fourth-order valence-corrected chi connectivity index (χ4v) is 2.17. The fraction of sp³-hybridized carbons (Fsp3) is 0.538. The maximum Gasteiger partial charge on any atom is 0.132 e. The zero-order valence-corrected chi connectivity index (χ0v) is 10.2. The van der Waals surface area contributed by atoms with Gasteiger partial charge in [0.05, 0.1) is 25.9 Å². The molecule has 1 fully saturated rings. The molecule has 0 spiro atoms. The highest BCUT2D eigenvalue weighted by molar-refractivity contribution is 5.51. The van der Waals surface area contributed by atoms with Gasteiger partial charge >= 0.3 is 0 Å². The number of hydrogen-bond acceptors (Lipinski definition) is 4. The summed E-state index contributed by atoms with van der Waals surface area (Å²) in [7, 11) is 3.14. The van der Waals surface area contributed by atoms with Crippen molar-refractivity contribution in [3.8, 4) is 17.2 Å². The molecule has 1 aromatic carbocycles. The van der Waals surface area contributed by atoms with E-state index in [1.54, 1.807) is 26.4 Å². The molecule has 94 valence electrons. The van der Waals surface area contributed by atoms with Gasteiger partial charge in [0.1, 0.15) is 17.2 Å². The van der Waals surface area contributed by atoms with Crippen LogP contribution in [0.5, 0.6) is 17.2 Å². The van der Waals surface area contributed by atoms with Gasteiger partial charge in [-0.15, -0.1) is 0 Å². The maximum atomic E-state index is 10.0. The standard InChI is InChI=1S/C13H18O4/c1-15-9-7-10(14)13(12(8-9)16-2)11-5-3-4-6-17-11/h7-8,11,14H,3-6H2,1-2H3. The number of methoxy groups -OCH3 is 2. The Bertz CT molecular complexity index is 383. The average Bonchev–Trinajstić information content (AvgIpc) is 2.38. The van der Waals surface area contributed by atoms with E-state index in [0.717, 1.165) is 31.4 Å². The molecule has 1 unspecified atom stereocenters. The topological polar surface area (TPSA) is 47.9 Å². The zero-order valence-electron chi connectivity index (χ0n) is 10.2. The third kappa shape index (κ3) is 2.47. The van der Waals surface area contributed by atoms with Crippen LogP contribution in [0.1, 0.15) is 30.9 Å². The third-order valence-corrected chi connectivity index (χ3v) is 3.05. The van der Waals surface area contributed by atoms with Gasteiger partial charge in [0.15, 0.2) is 0 Å². The summed E-state index contributed by atoms with van der Waals surface area (Å²) in [6, 6.07) is 3.36. The van der Waals surface area contributed by atoms with Crippen LogP contribution >= 0.6 is 0 Å². The van der Waals surface area contributed by atoms with Gasteiger partial charge in [0, 0.05) is 18.7 Å². The van der Waals surface area contributed by atoms with Gasteiger partial charge in [-0.3, -0.25) is 0 Å². The second kappa shape index (κ2) is 5.27. The molecule has 4 heteroatoms. The Hall–Kier alpha value is -1.42. The number of rotatable bonds is 3. The van der Waals surface area contributed by atoms with Crippen molar-refractivity contribution >= 4 is 0 Å². The Morgan fingerprint density at radius 2 is 2.06 bits per heavy atom. The summed E-state index contributed by atoms with van der Waals surface area (Å²) < 4.78 is 16.1. The van der Waals surface area contributed by atoms with Gasteiger partial charge in [-0.05, 0) is 19.3 Å². The highest BCUT2D eigenvalue weighted by Crippen LogP contribution is 2.42. The van der Waals surface area contributed by atoms with Gasteiger partial charge in [0.2, 0.25) is 0 Å². The highest BCUT2D eigenvalue weighted by Gasteiger charge is 2.24. The van der Waals surface area contributed by atoms with Crippen LogP contribution in [-0.2, 0) is 4.74 Å². The predicted octanol–water partition coefficient (Wildman–Crippen LogP) is 2.65. The van der Waals surface area contributed by atoms with Gasteiger partial charge in [0.25, 0.3) is 0 Å². The molecule has 0 aliphatic carbocycles. The van der Waals surface area contributed by atoms with E-state index in [1.807, 2.05) is 0 Å². The number of benzene rings is 1. The molecule has 1 aliphatic heterocycles. The molecule has 1 aromatic rings. The lowest BCUT2D eigenvalue weighted by Gasteiger charge is -2.25. The van der Waals surface area contributed by atoms with Crippen molar-refractivity contribution in [1.29, 1.82) is 0 Å². The molecule has 2 rings (SSSR count). The fourth-order valence-electron chi connectivity index (χ4n) is 2.17. The molecule has 0 radical (unpaired) electrons. The van der Waals surface area contributed by atoms with Crippen molar-refractivity contribution < 1.29 is 19.3 Å². The summed E-state index contributed by atoms with van der Waals surface area (Å²) in [6.07, 6.45) is 3.02. The molecule has 0 amide bonds. The van der Waals surface area contributed by atoms with Crippen molar-refractivity contribution in [2.24, 2.45) is 0 Å². The van der Waals surface area contributed by atoms with E-state index in [0.29, 0.717) is 11.5 Å². The Kier molecular flexibility index (Phi) is 3.74. The molecule has 4 nitrogen and oxygen atoms in total. The van der Waals surface area contributed by atoms with Crippen LogP contribution < -0.4 is 9.47 Å². The number of aromatic hydroxyl groups is 1. The highest BCUT2D eigenvalue weighted by atomic mass is 16.5. The van der Waals surface area contributed by atoms with Crippen LogP contribution in [0.15, 0.2) is 12.1 Å². The minimum atomic E-state index is -0.0791. The van der Waals surface area contributed by atoms with E-state index >= 15 is 0 Å². The first-order valence-electron chi connectivity index (χ1n) is 5.82. The van der Waals surface area contributed by atoms with Gasteiger partial charge < -0.3 is 19.3 Å². The lowest BCUT2D eigenvalue weighted by Crippen LogP contribution is -2.12. The second-order valence-electron chi connectivity index (χ2n) is 4.12. The molecule has 17 heavy (non-hydrogen) atoms. The van der Waals surface area contributed by atoms with E-state index in [2.05, 4.69) is 0 Å². The van der Waals surface area contributed by atoms with Gasteiger partial charge in [-0.1, -0.05) is 0 Å². The van der Waals surface area contributed by atoms with Gasteiger partial charge in [-0.25, -0.2) is 0 Å². The number of hydrogen-bond donors (Lipinski definition) is 1. The minimum absolute atomic E-state index is 0.0791. The normalized spacial score (nSPS) is 20.0. The van der Waals surface area contributed by atoms with Crippen molar-refractivity contribution in [2.45, 2.75) is 25.4 Å². The zero-order chi connectivity index (χ0) is 12.3. The van der Waals surface area contributed by atoms with Crippen molar-refractivity contribution in [3.63, 3.8) is 0 Å². The molecule has 1 atom stereocenters. The maximum absolute atomic E-state index is 10.0. The predicted molar refractivity (Wildman–Crippen MR) is 63.8 cm³/mol. The van der Waals surface area contributed by atoms with Crippen LogP contribution in [0.25, 0.3) is 0 Å². The molecule has 0 aromatic heterocycles. The summed E-state index contributed by atoms with van der Waals surface area (Å²) in [4.78, 5) is 0. The van der Waals surface area contributed by atoms with E-state index in [4.69, 9.17) is 14.2 Å². The van der Waals surface area contributed by atoms with Gasteiger partial charge in [-0.2, -0.15) is 0 Å². The summed E-state index contributed by atoms with van der Waals surface area (Å²) >= 11 is 0. The molecule has 1 aliphatic rings. The summed E-state index contributed by atoms with van der Waals surface area (Å²) in [5.74, 6) is 1.38. The summed E-state index contributed by atoms with van der Waals surface area (Å²) in [5, 5.41) is 10.0. The monoisotopic (exact) mass is 238 g/mol. The van der Waals surface area contributed by atoms with Crippen LogP contribution in [0.3, 0.4) is 0 Å². The largest absolute Gasteiger partial charge is 0.507 e. The van der Waals surface area contributed by atoms with Crippen molar-refractivity contribution in [2.75, 3.05) is 20.8 Å². The van der Waals surface area contributed by atoms with Crippen LogP contribution in [-0.4, -0.2) is 25.9 Å². The number of phenolic OH excluding ortho intramolecular Hbond substituents is 1. The molecule has 1 heterocycles. The smallest absolute Gasteiger partial charge is 0.132 e. The number of ether oxygens (including phenoxy) is 3. The van der Waals surface area contributed by atoms with Crippen molar-refractivity contribution in [1.82, 2.24) is 0 Å². The Balaban J connectivity index is 2.36. The minimum Gasteiger partial charge on any atom is -0.507 e. The first-order chi connectivity index (χ1) is 8.26. The molecular weight excluding hydrogens is 220 g/mol. The molecule has 0 bridgehead atoms. The van der Waals surface area contributed by atoms with E-state index in [-0.39, 0.29) is 11.9 Å². The molecule has 1 saturated heterocycles. The van der Waals surface area contributed by atoms with Crippen LogP contribution in [0.4, 0.5) is 0 Å². The summed E-state index contributed by atoms with van der Waals surface area (Å²) in [6.45, 7) is 0.735. The Morgan fingerprint density at radius 3 is 2.65 bits per heavy atom. The number of phenols is 1. The van der Waals surface area contributed by atoms with E-state index in [1.165, 1.54) is 0 Å². The quantitative estimate of drug-likeness (QED) is 0.879.